The van der Waals surface area contributed by atoms with E-state index in [4.69, 9.17) is 9.47 Å². The average molecular weight is 441 g/mol. The number of hydrogen-bond acceptors (Lipinski definition) is 5. The molecule has 33 heavy (non-hydrogen) atoms. The third-order valence-electron chi connectivity index (χ3n) is 4.99. The lowest BCUT2D eigenvalue weighted by Gasteiger charge is -2.08. The number of hydrogen-bond donors (Lipinski definition) is 1. The molecule has 1 N–H and O–H groups in total. The molecule has 0 atom stereocenters. The molecule has 0 aliphatic carbocycles. The molecular weight excluding hydrogens is 418 g/mol. The summed E-state index contributed by atoms with van der Waals surface area (Å²) in [5.41, 5.74) is 3.45. The average Bonchev–Trinajstić information content (AvgIpc) is 3.22. The molecule has 0 saturated heterocycles. The highest BCUT2D eigenvalue weighted by Gasteiger charge is 2.10. The van der Waals surface area contributed by atoms with Crippen LogP contribution in [0.15, 0.2) is 79.0 Å². The van der Waals surface area contributed by atoms with Crippen molar-refractivity contribution in [2.24, 2.45) is 0 Å². The Balaban J connectivity index is 1.50. The number of carbonyl (C=O) groups is 2. The van der Waals surface area contributed by atoms with Crippen LogP contribution in [-0.4, -0.2) is 28.8 Å². The van der Waals surface area contributed by atoms with Gasteiger partial charge in [0.15, 0.2) is 11.5 Å². The van der Waals surface area contributed by atoms with Crippen molar-refractivity contribution in [3.63, 3.8) is 0 Å². The molecule has 1 amide bonds. The second-order valence-corrected chi connectivity index (χ2v) is 7.35. The number of ether oxygens (including phenoxy) is 2. The van der Waals surface area contributed by atoms with Crippen LogP contribution in [0.3, 0.4) is 0 Å². The summed E-state index contributed by atoms with van der Waals surface area (Å²) >= 11 is 0. The Labute approximate surface area is 191 Å². The number of rotatable bonds is 7. The van der Waals surface area contributed by atoms with Crippen LogP contribution in [0.1, 0.15) is 18.1 Å². The van der Waals surface area contributed by atoms with Crippen LogP contribution in [0.2, 0.25) is 0 Å². The molecule has 0 unspecified atom stereocenters. The van der Waals surface area contributed by atoms with Crippen molar-refractivity contribution in [1.29, 1.82) is 0 Å². The number of aromatic nitrogens is 2. The smallest absolute Gasteiger partial charge is 0.308 e. The van der Waals surface area contributed by atoms with Gasteiger partial charge in [-0.25, -0.2) is 0 Å². The van der Waals surface area contributed by atoms with Crippen molar-refractivity contribution < 1.29 is 19.1 Å². The molecule has 0 spiro atoms. The normalized spacial score (nSPS) is 11.0. The van der Waals surface area contributed by atoms with Gasteiger partial charge in [-0.05, 0) is 41.5 Å². The van der Waals surface area contributed by atoms with E-state index >= 15 is 0 Å². The monoisotopic (exact) mass is 441 g/mol. The fourth-order valence-electron chi connectivity index (χ4n) is 3.47. The number of nitrogens with zero attached hydrogens (tertiary/aromatic N) is 2. The number of carbonyl (C=O) groups excluding carboxylic acids is 2. The van der Waals surface area contributed by atoms with Crippen LogP contribution in [0.4, 0.5) is 5.69 Å². The summed E-state index contributed by atoms with van der Waals surface area (Å²) in [6.07, 6.45) is 4.82. The van der Waals surface area contributed by atoms with Crippen LogP contribution in [0.5, 0.6) is 11.5 Å². The fraction of sp³-hybridized carbons (Fsp3) is 0.115. The Bertz CT molecular complexity index is 1330. The van der Waals surface area contributed by atoms with Gasteiger partial charge in [-0.15, -0.1) is 0 Å². The minimum absolute atomic E-state index is 0.289. The molecular formula is C26H23N3O4. The topological polar surface area (TPSA) is 82.4 Å². The lowest BCUT2D eigenvalue weighted by atomic mass is 10.1. The predicted octanol–water partition coefficient (Wildman–Crippen LogP) is 4.67. The first-order valence-corrected chi connectivity index (χ1v) is 10.4. The third kappa shape index (κ3) is 5.27. The summed E-state index contributed by atoms with van der Waals surface area (Å²) in [6, 6.07) is 20.9. The van der Waals surface area contributed by atoms with Gasteiger partial charge in [0.2, 0.25) is 5.91 Å². The molecule has 3 aromatic carbocycles. The van der Waals surface area contributed by atoms with Crippen LogP contribution >= 0.6 is 0 Å². The van der Waals surface area contributed by atoms with E-state index in [9.17, 15) is 9.59 Å². The van der Waals surface area contributed by atoms with E-state index in [1.807, 2.05) is 41.1 Å². The summed E-state index contributed by atoms with van der Waals surface area (Å²) in [5, 5.41) is 8.27. The number of methoxy groups -OCH3 is 1. The van der Waals surface area contributed by atoms with Crippen molar-refractivity contribution in [3.8, 4) is 11.5 Å². The first-order chi connectivity index (χ1) is 16.0. The van der Waals surface area contributed by atoms with Crippen LogP contribution in [0.25, 0.3) is 17.0 Å². The maximum absolute atomic E-state index is 12.6. The molecule has 7 heteroatoms. The molecule has 0 fully saturated rings. The van der Waals surface area contributed by atoms with E-state index in [1.165, 1.54) is 20.1 Å². The summed E-state index contributed by atoms with van der Waals surface area (Å²) in [7, 11) is 1.49. The summed E-state index contributed by atoms with van der Waals surface area (Å²) in [5.74, 6) is -0.00890. The van der Waals surface area contributed by atoms with Crippen LogP contribution in [-0.2, 0) is 16.1 Å². The Morgan fingerprint density at radius 1 is 1.03 bits per heavy atom. The van der Waals surface area contributed by atoms with Crippen LogP contribution in [0, 0.1) is 0 Å². The molecule has 1 aromatic heterocycles. The molecule has 7 nitrogen and oxygen atoms in total. The van der Waals surface area contributed by atoms with Gasteiger partial charge >= 0.3 is 5.97 Å². The first-order valence-electron chi connectivity index (χ1n) is 10.4. The number of anilines is 1. The zero-order chi connectivity index (χ0) is 23.2. The second kappa shape index (κ2) is 9.82. The van der Waals surface area contributed by atoms with E-state index < -0.39 is 5.97 Å². The van der Waals surface area contributed by atoms with E-state index in [-0.39, 0.29) is 5.91 Å². The number of benzene rings is 3. The van der Waals surface area contributed by atoms with Gasteiger partial charge in [0.25, 0.3) is 0 Å². The van der Waals surface area contributed by atoms with Gasteiger partial charge in [0.05, 0.1) is 31.1 Å². The van der Waals surface area contributed by atoms with Crippen LogP contribution < -0.4 is 14.8 Å². The van der Waals surface area contributed by atoms with Gasteiger partial charge in [-0.3, -0.25) is 14.3 Å². The number of esters is 1. The molecule has 4 aromatic rings. The van der Waals surface area contributed by atoms with Crippen molar-refractivity contribution in [2.75, 3.05) is 12.4 Å². The molecule has 0 aliphatic heterocycles. The van der Waals surface area contributed by atoms with Gasteiger partial charge < -0.3 is 14.8 Å². The molecule has 166 valence electrons. The zero-order valence-corrected chi connectivity index (χ0v) is 18.3. The SMILES string of the molecule is COc1ccc(C=CC(=O)Nc2cccc3c2cnn3Cc2ccccc2)cc1OC(C)=O. The minimum atomic E-state index is -0.451. The lowest BCUT2D eigenvalue weighted by Crippen LogP contribution is -2.08. The first kappa shape index (κ1) is 21.8. The number of nitrogens with one attached hydrogen (secondary N) is 1. The van der Waals surface area contributed by atoms with Gasteiger partial charge in [-0.2, -0.15) is 5.10 Å². The molecule has 1 heterocycles. The standard InChI is InChI=1S/C26H23N3O4/c1-18(30)33-25-15-19(11-13-24(25)32-2)12-14-26(31)28-22-9-6-10-23-21(22)16-27-29(23)17-20-7-4-3-5-8-20/h3-16H,17H2,1-2H3,(H,28,31). The second-order valence-electron chi connectivity index (χ2n) is 7.35. The highest BCUT2D eigenvalue weighted by atomic mass is 16.6. The van der Waals surface area contributed by atoms with E-state index in [1.54, 1.807) is 30.5 Å². The Hall–Kier alpha value is -4.39. The minimum Gasteiger partial charge on any atom is -0.493 e. The maximum Gasteiger partial charge on any atom is 0.308 e. The summed E-state index contributed by atoms with van der Waals surface area (Å²) in [4.78, 5) is 23.9. The Kier molecular flexibility index (Phi) is 6.50. The zero-order valence-electron chi connectivity index (χ0n) is 18.3. The fourth-order valence-corrected chi connectivity index (χ4v) is 3.47. The largest absolute Gasteiger partial charge is 0.493 e. The van der Waals surface area contributed by atoms with Gasteiger partial charge in [0, 0.05) is 18.4 Å². The number of fused-ring (bicyclic) bond motifs is 1. The molecule has 4 rings (SSSR count). The summed E-state index contributed by atoms with van der Waals surface area (Å²) in [6.45, 7) is 1.96. The third-order valence-corrected chi connectivity index (χ3v) is 4.99. The van der Waals surface area contributed by atoms with Gasteiger partial charge in [0.1, 0.15) is 0 Å². The maximum atomic E-state index is 12.6. The Morgan fingerprint density at radius 2 is 1.85 bits per heavy atom. The number of amides is 1. The van der Waals surface area contributed by atoms with Crippen molar-refractivity contribution in [3.05, 3.63) is 90.1 Å². The molecule has 0 saturated carbocycles. The quantitative estimate of drug-likeness (QED) is 0.256. The van der Waals surface area contributed by atoms with Crippen molar-refractivity contribution in [2.45, 2.75) is 13.5 Å². The molecule has 0 aliphatic rings. The van der Waals surface area contributed by atoms with E-state index in [2.05, 4.69) is 22.5 Å². The lowest BCUT2D eigenvalue weighted by molar-refractivity contribution is -0.132. The molecule has 0 radical (unpaired) electrons. The van der Waals surface area contributed by atoms with Gasteiger partial charge in [-0.1, -0.05) is 42.5 Å². The predicted molar refractivity (Wildman–Crippen MR) is 127 cm³/mol. The van der Waals surface area contributed by atoms with Crippen molar-refractivity contribution in [1.82, 2.24) is 9.78 Å². The summed E-state index contributed by atoms with van der Waals surface area (Å²) < 4.78 is 12.3. The Morgan fingerprint density at radius 3 is 2.61 bits per heavy atom. The van der Waals surface area contributed by atoms with E-state index in [0.29, 0.717) is 29.3 Å². The molecule has 0 bridgehead atoms. The highest BCUT2D eigenvalue weighted by Crippen LogP contribution is 2.29. The van der Waals surface area contributed by atoms with Crippen molar-refractivity contribution >= 4 is 34.5 Å². The highest BCUT2D eigenvalue weighted by molar-refractivity contribution is 6.07. The van der Waals surface area contributed by atoms with E-state index in [0.717, 1.165) is 16.5 Å².